The van der Waals surface area contributed by atoms with Gasteiger partial charge in [-0.05, 0) is 0 Å². The third kappa shape index (κ3) is 1.68. The molecule has 0 aromatic carbocycles. The number of aliphatic hydroxyl groups is 3. The highest BCUT2D eigenvalue weighted by Crippen LogP contribution is 2.17. The second kappa shape index (κ2) is 3.17. The highest BCUT2D eigenvalue weighted by atomic mass is 16.6. The zero-order valence-electron chi connectivity index (χ0n) is 5.80. The predicted octanol–water partition coefficient (Wildman–Crippen LogP) is -1.98. The van der Waals surface area contributed by atoms with Gasteiger partial charge in [0.25, 0.3) is 0 Å². The van der Waals surface area contributed by atoms with Gasteiger partial charge in [-0.25, -0.2) is 4.79 Å². The van der Waals surface area contributed by atoms with Gasteiger partial charge in [-0.15, -0.1) is 0 Å². The molecule has 0 bridgehead atoms. The van der Waals surface area contributed by atoms with Crippen LogP contribution < -0.4 is 0 Å². The van der Waals surface area contributed by atoms with Crippen LogP contribution in [0.4, 0.5) is 0 Å². The summed E-state index contributed by atoms with van der Waals surface area (Å²) in [5, 5.41) is 26.2. The van der Waals surface area contributed by atoms with Crippen molar-refractivity contribution in [3.05, 3.63) is 0 Å². The first-order chi connectivity index (χ1) is 5.15. The number of carbonyl (C=O) groups excluding carboxylic acids is 1. The number of ether oxygens (including phenoxy) is 1. The first kappa shape index (κ1) is 8.45. The van der Waals surface area contributed by atoms with E-state index in [0.29, 0.717) is 0 Å². The fourth-order valence-corrected chi connectivity index (χ4v) is 0.945. The van der Waals surface area contributed by atoms with E-state index >= 15 is 0 Å². The molecule has 0 unspecified atom stereocenters. The van der Waals surface area contributed by atoms with Gasteiger partial charge in [-0.1, -0.05) is 0 Å². The lowest BCUT2D eigenvalue weighted by Crippen LogP contribution is -2.29. The number of carbonyl (C=O) groups is 1. The molecule has 1 heterocycles. The third-order valence-electron chi connectivity index (χ3n) is 1.61. The summed E-state index contributed by atoms with van der Waals surface area (Å²) in [4.78, 5) is 10.5. The van der Waals surface area contributed by atoms with Gasteiger partial charge in [0.2, 0.25) is 0 Å². The first-order valence-corrected chi connectivity index (χ1v) is 3.32. The molecule has 1 aliphatic heterocycles. The molecule has 0 amide bonds. The summed E-state index contributed by atoms with van der Waals surface area (Å²) in [6.45, 7) is -0.468. The van der Waals surface area contributed by atoms with E-state index in [2.05, 4.69) is 4.74 Å². The Balaban J connectivity index is 2.46. The normalized spacial score (nSPS) is 33.5. The van der Waals surface area contributed by atoms with Crippen molar-refractivity contribution in [1.82, 2.24) is 0 Å². The highest BCUT2D eigenvalue weighted by Gasteiger charge is 2.36. The number of rotatable bonds is 2. The molecule has 0 spiro atoms. The van der Waals surface area contributed by atoms with Crippen LogP contribution in [0.3, 0.4) is 0 Å². The van der Waals surface area contributed by atoms with E-state index < -0.39 is 30.9 Å². The van der Waals surface area contributed by atoms with Crippen molar-refractivity contribution in [3.8, 4) is 0 Å². The Morgan fingerprint density at radius 2 is 2.36 bits per heavy atom. The fraction of sp³-hybridized carbons (Fsp3) is 0.833. The van der Waals surface area contributed by atoms with E-state index in [1.54, 1.807) is 0 Å². The lowest BCUT2D eigenvalue weighted by Gasteiger charge is -2.12. The molecule has 5 heteroatoms. The lowest BCUT2D eigenvalue weighted by molar-refractivity contribution is -0.151. The SMILES string of the molecule is O=C1O[C@H]([C@H](O)CO)C[C@@H]1O. The minimum absolute atomic E-state index is 0.0561. The second-order valence-corrected chi connectivity index (χ2v) is 2.48. The molecule has 3 N–H and O–H groups in total. The topological polar surface area (TPSA) is 87.0 Å². The van der Waals surface area contributed by atoms with E-state index in [9.17, 15) is 4.79 Å². The highest BCUT2D eigenvalue weighted by molar-refractivity contribution is 5.76. The predicted molar refractivity (Wildman–Crippen MR) is 33.6 cm³/mol. The van der Waals surface area contributed by atoms with Gasteiger partial charge in [0.15, 0.2) is 6.10 Å². The van der Waals surface area contributed by atoms with Gasteiger partial charge < -0.3 is 20.1 Å². The number of cyclic esters (lactones) is 1. The van der Waals surface area contributed by atoms with E-state index in [4.69, 9.17) is 15.3 Å². The molecule has 1 rings (SSSR count). The maximum Gasteiger partial charge on any atom is 0.335 e. The van der Waals surface area contributed by atoms with Gasteiger partial charge in [0, 0.05) is 6.42 Å². The summed E-state index contributed by atoms with van der Waals surface area (Å²) in [5.74, 6) is -0.734. The number of esters is 1. The Labute approximate surface area is 63.2 Å². The Morgan fingerprint density at radius 3 is 2.73 bits per heavy atom. The monoisotopic (exact) mass is 162 g/mol. The van der Waals surface area contributed by atoms with Crippen LogP contribution in [0.15, 0.2) is 0 Å². The smallest absolute Gasteiger partial charge is 0.335 e. The number of hydrogen-bond acceptors (Lipinski definition) is 5. The average Bonchev–Trinajstić information content (AvgIpc) is 2.31. The van der Waals surface area contributed by atoms with Gasteiger partial charge in [0.1, 0.15) is 12.2 Å². The number of aliphatic hydroxyl groups excluding tert-OH is 3. The molecule has 0 aromatic rings. The standard InChI is InChI=1S/C6H10O5/c7-2-4(9)5-1-3(8)6(10)11-5/h3-5,7-9H,1-2H2/t3-,4+,5-/m0/s1. The van der Waals surface area contributed by atoms with E-state index in [1.807, 2.05) is 0 Å². The van der Waals surface area contributed by atoms with Crippen LogP contribution in [0.2, 0.25) is 0 Å². The Bertz CT molecular complexity index is 157. The van der Waals surface area contributed by atoms with Gasteiger partial charge >= 0.3 is 5.97 Å². The van der Waals surface area contributed by atoms with Gasteiger partial charge in [-0.2, -0.15) is 0 Å². The fourth-order valence-electron chi connectivity index (χ4n) is 0.945. The molecule has 3 atom stereocenters. The Kier molecular flexibility index (Phi) is 2.43. The molecular weight excluding hydrogens is 152 g/mol. The van der Waals surface area contributed by atoms with Crippen LogP contribution in [0, 0.1) is 0 Å². The van der Waals surface area contributed by atoms with Gasteiger partial charge in [0.05, 0.1) is 6.61 Å². The molecule has 0 radical (unpaired) electrons. The lowest BCUT2D eigenvalue weighted by atomic mass is 10.1. The van der Waals surface area contributed by atoms with Crippen molar-refractivity contribution in [2.75, 3.05) is 6.61 Å². The van der Waals surface area contributed by atoms with E-state index in [0.717, 1.165) is 0 Å². The zero-order chi connectivity index (χ0) is 8.43. The second-order valence-electron chi connectivity index (χ2n) is 2.48. The summed E-state index contributed by atoms with van der Waals surface area (Å²) in [6.07, 6.45) is -2.94. The van der Waals surface area contributed by atoms with Gasteiger partial charge in [-0.3, -0.25) is 0 Å². The first-order valence-electron chi connectivity index (χ1n) is 3.32. The zero-order valence-corrected chi connectivity index (χ0v) is 5.80. The minimum Gasteiger partial charge on any atom is -0.457 e. The number of hydrogen-bond donors (Lipinski definition) is 3. The van der Waals surface area contributed by atoms with Crippen molar-refractivity contribution < 1.29 is 24.9 Å². The summed E-state index contributed by atoms with van der Waals surface area (Å²) in [5.41, 5.74) is 0. The quantitative estimate of drug-likeness (QED) is 0.409. The van der Waals surface area contributed by atoms with Crippen molar-refractivity contribution in [1.29, 1.82) is 0 Å². The third-order valence-corrected chi connectivity index (χ3v) is 1.61. The largest absolute Gasteiger partial charge is 0.457 e. The van der Waals surface area contributed by atoms with Crippen molar-refractivity contribution in [3.63, 3.8) is 0 Å². The molecule has 1 fully saturated rings. The molecule has 0 saturated carbocycles. The van der Waals surface area contributed by atoms with E-state index in [1.165, 1.54) is 0 Å². The summed E-state index contributed by atoms with van der Waals surface area (Å²) < 4.78 is 4.53. The Morgan fingerprint density at radius 1 is 1.73 bits per heavy atom. The molecule has 64 valence electrons. The van der Waals surface area contributed by atoms with Crippen LogP contribution in [-0.4, -0.2) is 46.2 Å². The summed E-state index contributed by atoms with van der Waals surface area (Å²) in [6, 6.07) is 0. The van der Waals surface area contributed by atoms with Crippen LogP contribution in [0.25, 0.3) is 0 Å². The molecule has 1 aliphatic rings. The summed E-state index contributed by atoms with van der Waals surface area (Å²) in [7, 11) is 0. The minimum atomic E-state index is -1.15. The molecule has 0 aromatic heterocycles. The maximum atomic E-state index is 10.5. The van der Waals surface area contributed by atoms with Crippen LogP contribution in [0.5, 0.6) is 0 Å². The molecule has 5 nitrogen and oxygen atoms in total. The van der Waals surface area contributed by atoms with Crippen LogP contribution in [-0.2, 0) is 9.53 Å². The Hall–Kier alpha value is -0.650. The molecule has 1 saturated heterocycles. The molecular formula is C6H10O5. The average molecular weight is 162 g/mol. The molecule has 0 aliphatic carbocycles. The maximum absolute atomic E-state index is 10.5. The van der Waals surface area contributed by atoms with Crippen molar-refractivity contribution >= 4 is 5.97 Å². The van der Waals surface area contributed by atoms with Crippen molar-refractivity contribution in [2.45, 2.75) is 24.7 Å². The van der Waals surface area contributed by atoms with E-state index in [-0.39, 0.29) is 6.42 Å². The van der Waals surface area contributed by atoms with Crippen LogP contribution in [0.1, 0.15) is 6.42 Å². The molecule has 11 heavy (non-hydrogen) atoms. The van der Waals surface area contributed by atoms with Crippen LogP contribution >= 0.6 is 0 Å². The van der Waals surface area contributed by atoms with Crippen molar-refractivity contribution in [2.24, 2.45) is 0 Å². The summed E-state index contributed by atoms with van der Waals surface area (Å²) >= 11 is 0.